The molecule has 1 N–H and O–H groups in total. The number of carbonyl (C=O) groups is 2. The standard InChI is InChI=1S/C22H16F2N2O3S/c1-2-29-15-6-3-5-14(12-15)25-20-19(18-7-4-10-30-18)21(27)26(22(20)28)17-9-8-13(23)11-16(17)24/h3-12,25H,2H2,1H3. The number of amides is 2. The lowest BCUT2D eigenvalue weighted by Crippen LogP contribution is -2.33. The van der Waals surface area contributed by atoms with E-state index in [2.05, 4.69) is 5.32 Å². The van der Waals surface area contributed by atoms with Crippen LogP contribution in [0.1, 0.15) is 11.8 Å². The maximum Gasteiger partial charge on any atom is 0.282 e. The van der Waals surface area contributed by atoms with Crippen LogP contribution in [0.2, 0.25) is 0 Å². The molecule has 3 aromatic rings. The van der Waals surface area contributed by atoms with Gasteiger partial charge in [-0.3, -0.25) is 9.59 Å². The van der Waals surface area contributed by atoms with Gasteiger partial charge in [0.25, 0.3) is 11.8 Å². The van der Waals surface area contributed by atoms with Crippen LogP contribution in [0.15, 0.2) is 65.7 Å². The minimum absolute atomic E-state index is 0.0137. The Kier molecular flexibility index (Phi) is 5.33. The summed E-state index contributed by atoms with van der Waals surface area (Å²) < 4.78 is 33.2. The summed E-state index contributed by atoms with van der Waals surface area (Å²) >= 11 is 1.28. The van der Waals surface area contributed by atoms with Gasteiger partial charge in [0.1, 0.15) is 23.1 Å². The van der Waals surface area contributed by atoms with Crippen molar-refractivity contribution in [2.45, 2.75) is 6.92 Å². The van der Waals surface area contributed by atoms with Gasteiger partial charge < -0.3 is 10.1 Å². The monoisotopic (exact) mass is 426 g/mol. The molecular weight excluding hydrogens is 410 g/mol. The molecule has 30 heavy (non-hydrogen) atoms. The quantitative estimate of drug-likeness (QED) is 0.574. The van der Waals surface area contributed by atoms with Gasteiger partial charge in [-0.15, -0.1) is 11.3 Å². The Morgan fingerprint density at radius 3 is 2.57 bits per heavy atom. The van der Waals surface area contributed by atoms with E-state index < -0.39 is 23.4 Å². The number of anilines is 2. The molecule has 0 atom stereocenters. The van der Waals surface area contributed by atoms with E-state index in [0.717, 1.165) is 17.0 Å². The summed E-state index contributed by atoms with van der Waals surface area (Å²) in [5.41, 5.74) is 0.369. The molecule has 8 heteroatoms. The highest BCUT2D eigenvalue weighted by Crippen LogP contribution is 2.36. The first-order chi connectivity index (χ1) is 14.5. The molecule has 0 radical (unpaired) electrons. The molecule has 0 unspecified atom stereocenters. The highest BCUT2D eigenvalue weighted by atomic mass is 32.1. The third-order valence-corrected chi connectivity index (χ3v) is 5.30. The fourth-order valence-electron chi connectivity index (χ4n) is 3.15. The van der Waals surface area contributed by atoms with Crippen LogP contribution in [0.3, 0.4) is 0 Å². The van der Waals surface area contributed by atoms with Crippen LogP contribution in [-0.2, 0) is 9.59 Å². The Labute approximate surface area is 175 Å². The van der Waals surface area contributed by atoms with E-state index >= 15 is 0 Å². The second-order valence-electron chi connectivity index (χ2n) is 6.35. The fraction of sp³-hybridized carbons (Fsp3) is 0.0909. The largest absolute Gasteiger partial charge is 0.494 e. The van der Waals surface area contributed by atoms with E-state index in [1.54, 1.807) is 41.8 Å². The second kappa shape index (κ2) is 8.08. The van der Waals surface area contributed by atoms with Crippen LogP contribution in [0.4, 0.5) is 20.2 Å². The number of thiophene rings is 1. The normalized spacial score (nSPS) is 13.9. The van der Waals surface area contributed by atoms with Gasteiger partial charge in [-0.2, -0.15) is 0 Å². The van der Waals surface area contributed by atoms with E-state index in [4.69, 9.17) is 4.74 Å². The lowest BCUT2D eigenvalue weighted by molar-refractivity contribution is -0.120. The van der Waals surface area contributed by atoms with Gasteiger partial charge in [-0.25, -0.2) is 13.7 Å². The third-order valence-electron chi connectivity index (χ3n) is 4.42. The number of imide groups is 1. The molecular formula is C22H16F2N2O3S. The Bertz CT molecular complexity index is 1160. The van der Waals surface area contributed by atoms with E-state index in [-0.39, 0.29) is 17.0 Å². The number of hydrogen-bond donors (Lipinski definition) is 1. The summed E-state index contributed by atoms with van der Waals surface area (Å²) in [7, 11) is 0. The van der Waals surface area contributed by atoms with Crippen molar-refractivity contribution in [3.05, 3.63) is 82.2 Å². The zero-order valence-corrected chi connectivity index (χ0v) is 16.6. The second-order valence-corrected chi connectivity index (χ2v) is 7.30. The topological polar surface area (TPSA) is 58.6 Å². The molecule has 1 aliphatic rings. The van der Waals surface area contributed by atoms with Crippen LogP contribution in [-0.4, -0.2) is 18.4 Å². The summed E-state index contributed by atoms with van der Waals surface area (Å²) in [6.07, 6.45) is 0. The summed E-state index contributed by atoms with van der Waals surface area (Å²) in [5, 5.41) is 4.76. The van der Waals surface area contributed by atoms with Crippen LogP contribution in [0.25, 0.3) is 5.57 Å². The maximum absolute atomic E-state index is 14.4. The molecule has 0 fully saturated rings. The Hall–Kier alpha value is -3.52. The molecule has 5 nitrogen and oxygen atoms in total. The van der Waals surface area contributed by atoms with Gasteiger partial charge in [-0.05, 0) is 42.6 Å². The SMILES string of the molecule is CCOc1cccc(NC2=C(c3cccs3)C(=O)N(c3ccc(F)cc3F)C2=O)c1. The van der Waals surface area contributed by atoms with E-state index in [1.165, 1.54) is 11.3 Å². The number of carbonyl (C=O) groups excluding carboxylic acids is 2. The zero-order valence-electron chi connectivity index (χ0n) is 15.8. The average molecular weight is 426 g/mol. The first kappa shape index (κ1) is 19.8. The van der Waals surface area contributed by atoms with Gasteiger partial charge >= 0.3 is 0 Å². The lowest BCUT2D eigenvalue weighted by Gasteiger charge is -2.16. The molecule has 1 aliphatic heterocycles. The van der Waals surface area contributed by atoms with Crippen LogP contribution in [0.5, 0.6) is 5.75 Å². The molecule has 0 saturated heterocycles. The molecule has 4 rings (SSSR count). The summed E-state index contributed by atoms with van der Waals surface area (Å²) in [4.78, 5) is 27.6. The molecule has 0 aliphatic carbocycles. The number of nitrogens with one attached hydrogen (secondary N) is 1. The number of ether oxygens (including phenoxy) is 1. The van der Waals surface area contributed by atoms with Crippen molar-refractivity contribution in [1.82, 2.24) is 0 Å². The van der Waals surface area contributed by atoms with Crippen LogP contribution >= 0.6 is 11.3 Å². The minimum atomic E-state index is -0.998. The van der Waals surface area contributed by atoms with Crippen molar-refractivity contribution in [2.75, 3.05) is 16.8 Å². The highest BCUT2D eigenvalue weighted by Gasteiger charge is 2.41. The van der Waals surface area contributed by atoms with Gasteiger partial charge in [-0.1, -0.05) is 12.1 Å². The summed E-state index contributed by atoms with van der Waals surface area (Å²) in [6, 6.07) is 13.1. The number of hydrogen-bond acceptors (Lipinski definition) is 5. The molecule has 0 saturated carbocycles. The van der Waals surface area contributed by atoms with Crippen LogP contribution < -0.4 is 15.0 Å². The van der Waals surface area contributed by atoms with E-state index in [1.807, 2.05) is 6.92 Å². The number of benzene rings is 2. The maximum atomic E-state index is 14.4. The van der Waals surface area contributed by atoms with Gasteiger partial charge in [0, 0.05) is 22.7 Å². The average Bonchev–Trinajstić information content (AvgIpc) is 3.31. The lowest BCUT2D eigenvalue weighted by atomic mass is 10.2. The van der Waals surface area contributed by atoms with E-state index in [0.29, 0.717) is 29.0 Å². The Morgan fingerprint density at radius 2 is 1.87 bits per heavy atom. The predicted octanol–water partition coefficient (Wildman–Crippen LogP) is 4.82. The fourth-order valence-corrected chi connectivity index (χ4v) is 3.92. The van der Waals surface area contributed by atoms with Crippen molar-refractivity contribution in [2.24, 2.45) is 0 Å². The number of rotatable bonds is 6. The summed E-state index contributed by atoms with van der Waals surface area (Å²) in [5.74, 6) is -2.61. The zero-order chi connectivity index (χ0) is 21.3. The molecule has 2 aromatic carbocycles. The van der Waals surface area contributed by atoms with Gasteiger partial charge in [0.05, 0.1) is 17.9 Å². The van der Waals surface area contributed by atoms with Crippen molar-refractivity contribution in [3.63, 3.8) is 0 Å². The molecule has 2 amide bonds. The number of nitrogens with zero attached hydrogens (tertiary/aromatic N) is 1. The Morgan fingerprint density at radius 1 is 1.03 bits per heavy atom. The first-order valence-electron chi connectivity index (χ1n) is 9.11. The van der Waals surface area contributed by atoms with Gasteiger partial charge in [0.2, 0.25) is 0 Å². The highest BCUT2D eigenvalue weighted by molar-refractivity contribution is 7.11. The van der Waals surface area contributed by atoms with Gasteiger partial charge in [0.15, 0.2) is 0 Å². The smallest absolute Gasteiger partial charge is 0.282 e. The molecule has 0 bridgehead atoms. The molecule has 152 valence electrons. The number of halogens is 2. The minimum Gasteiger partial charge on any atom is -0.494 e. The van der Waals surface area contributed by atoms with E-state index in [9.17, 15) is 18.4 Å². The predicted molar refractivity (Wildman–Crippen MR) is 111 cm³/mol. The molecule has 1 aromatic heterocycles. The first-order valence-corrected chi connectivity index (χ1v) is 9.99. The van der Waals surface area contributed by atoms with Crippen molar-refractivity contribution >= 4 is 40.1 Å². The van der Waals surface area contributed by atoms with Crippen LogP contribution in [0, 0.1) is 11.6 Å². The van der Waals surface area contributed by atoms with Crippen molar-refractivity contribution in [1.29, 1.82) is 0 Å². The summed E-state index contributed by atoms with van der Waals surface area (Å²) in [6.45, 7) is 2.33. The molecule has 0 spiro atoms. The van der Waals surface area contributed by atoms with Crippen molar-refractivity contribution < 1.29 is 23.1 Å². The Balaban J connectivity index is 1.78. The third kappa shape index (κ3) is 3.57. The molecule has 2 heterocycles. The van der Waals surface area contributed by atoms with Crippen molar-refractivity contribution in [3.8, 4) is 5.75 Å².